The summed E-state index contributed by atoms with van der Waals surface area (Å²) in [6.45, 7) is 2.81. The normalized spacial score (nSPS) is 15.9. The van der Waals surface area contributed by atoms with Gasteiger partial charge in [0.2, 0.25) is 5.91 Å². The lowest BCUT2D eigenvalue weighted by atomic mass is 9.96. The van der Waals surface area contributed by atoms with E-state index < -0.39 is 0 Å². The molecule has 1 aliphatic heterocycles. The molecule has 2 aromatic rings. The number of carbonyl (C=O) groups excluding carboxylic acids is 1. The molecule has 3 rings (SSSR count). The van der Waals surface area contributed by atoms with Crippen molar-refractivity contribution in [2.45, 2.75) is 12.8 Å². The molecule has 0 aliphatic carbocycles. The minimum Gasteiger partial charge on any atom is -0.370 e. The third kappa shape index (κ3) is 4.66. The van der Waals surface area contributed by atoms with Gasteiger partial charge in [0.15, 0.2) is 0 Å². The molecule has 5 heteroatoms. The molecule has 1 amide bonds. The number of hydrogen-bond donors (Lipinski definition) is 1. The molecule has 1 saturated heterocycles. The highest BCUT2D eigenvalue weighted by molar-refractivity contribution is 7.10. The number of carbonyl (C=O) groups is 1. The summed E-state index contributed by atoms with van der Waals surface area (Å²) in [7, 11) is 0. The van der Waals surface area contributed by atoms with Crippen LogP contribution < -0.4 is 10.2 Å². The molecule has 0 radical (unpaired) electrons. The Morgan fingerprint density at radius 3 is 2.91 bits per heavy atom. The third-order valence-corrected chi connectivity index (χ3v) is 4.97. The number of nitrogens with one attached hydrogen (secondary N) is 1. The summed E-state index contributed by atoms with van der Waals surface area (Å²) in [5, 5.41) is 5.02. The molecule has 0 spiro atoms. The fraction of sp³-hybridized carbons (Fsp3) is 0.333. The van der Waals surface area contributed by atoms with Gasteiger partial charge >= 0.3 is 0 Å². The highest BCUT2D eigenvalue weighted by atomic mass is 32.1. The van der Waals surface area contributed by atoms with Gasteiger partial charge < -0.3 is 10.2 Å². The number of nitrogens with zero attached hydrogens (tertiary/aromatic N) is 2. The maximum absolute atomic E-state index is 11.9. The van der Waals surface area contributed by atoms with Crippen LogP contribution in [-0.2, 0) is 4.79 Å². The maximum Gasteiger partial charge on any atom is 0.244 e. The number of amides is 1. The van der Waals surface area contributed by atoms with Gasteiger partial charge in [-0.15, -0.1) is 11.3 Å². The zero-order valence-electron chi connectivity index (χ0n) is 13.0. The summed E-state index contributed by atoms with van der Waals surface area (Å²) in [6.07, 6.45) is 9.40. The molecular formula is C18H21N3OS. The number of piperidine rings is 1. The molecule has 120 valence electrons. The lowest BCUT2D eigenvalue weighted by Gasteiger charge is -2.33. The Kier molecular flexibility index (Phi) is 5.42. The van der Waals surface area contributed by atoms with Crippen LogP contribution in [-0.4, -0.2) is 30.5 Å². The van der Waals surface area contributed by atoms with E-state index in [2.05, 4.69) is 21.3 Å². The van der Waals surface area contributed by atoms with Crippen molar-refractivity contribution >= 4 is 29.0 Å². The molecule has 1 fully saturated rings. The molecule has 4 nitrogen and oxygen atoms in total. The number of anilines is 1. The van der Waals surface area contributed by atoms with Crippen molar-refractivity contribution in [1.29, 1.82) is 0 Å². The van der Waals surface area contributed by atoms with Crippen LogP contribution in [0.5, 0.6) is 0 Å². The Morgan fingerprint density at radius 2 is 2.22 bits per heavy atom. The highest BCUT2D eigenvalue weighted by Gasteiger charge is 2.19. The van der Waals surface area contributed by atoms with Gasteiger partial charge in [-0.2, -0.15) is 0 Å². The van der Waals surface area contributed by atoms with E-state index in [1.165, 1.54) is 5.69 Å². The monoisotopic (exact) mass is 327 g/mol. The van der Waals surface area contributed by atoms with Crippen LogP contribution in [0.4, 0.5) is 5.69 Å². The molecule has 0 bridgehead atoms. The van der Waals surface area contributed by atoms with Crippen molar-refractivity contribution in [3.05, 3.63) is 53.0 Å². The van der Waals surface area contributed by atoms with Gasteiger partial charge in [0.1, 0.15) is 0 Å². The second-order valence-electron chi connectivity index (χ2n) is 5.74. The number of aromatic nitrogens is 1. The smallest absolute Gasteiger partial charge is 0.244 e. The molecule has 2 aromatic heterocycles. The van der Waals surface area contributed by atoms with Crippen LogP contribution >= 0.6 is 11.3 Å². The lowest BCUT2D eigenvalue weighted by molar-refractivity contribution is -0.116. The summed E-state index contributed by atoms with van der Waals surface area (Å²) in [5.74, 6) is 0.551. The average Bonchev–Trinajstić information content (AvgIpc) is 3.13. The molecule has 3 heterocycles. The van der Waals surface area contributed by atoms with Crippen LogP contribution in [0.3, 0.4) is 0 Å². The predicted octanol–water partition coefficient (Wildman–Crippen LogP) is 3.19. The van der Waals surface area contributed by atoms with Gasteiger partial charge in [-0.25, -0.2) is 0 Å². The largest absolute Gasteiger partial charge is 0.370 e. The van der Waals surface area contributed by atoms with E-state index in [9.17, 15) is 4.79 Å². The van der Waals surface area contributed by atoms with E-state index in [4.69, 9.17) is 0 Å². The van der Waals surface area contributed by atoms with Crippen molar-refractivity contribution in [2.24, 2.45) is 5.92 Å². The third-order valence-electron chi connectivity index (χ3n) is 4.13. The molecule has 0 saturated carbocycles. The molecule has 0 aromatic carbocycles. The van der Waals surface area contributed by atoms with Gasteiger partial charge in [-0.05, 0) is 48.4 Å². The molecule has 1 N–H and O–H groups in total. The standard InChI is InChI=1S/C18H21N3OS/c22-18(6-5-17-4-2-12-23-17)20-13-15-7-10-21(11-8-15)16-3-1-9-19-14-16/h1-6,9,12,14-15H,7-8,10-11,13H2,(H,20,22)/b6-5+. The molecule has 1 aliphatic rings. The van der Waals surface area contributed by atoms with Gasteiger partial charge in [0, 0.05) is 36.8 Å². The van der Waals surface area contributed by atoms with Crippen molar-refractivity contribution in [3.63, 3.8) is 0 Å². The van der Waals surface area contributed by atoms with Crippen LogP contribution in [0, 0.1) is 5.92 Å². The Hall–Kier alpha value is -2.14. The number of pyridine rings is 1. The van der Waals surface area contributed by atoms with E-state index >= 15 is 0 Å². The topological polar surface area (TPSA) is 45.2 Å². The van der Waals surface area contributed by atoms with Gasteiger partial charge in [-0.3, -0.25) is 9.78 Å². The Balaban J connectivity index is 1.40. The minimum atomic E-state index is -0.00640. The quantitative estimate of drug-likeness (QED) is 0.858. The second kappa shape index (κ2) is 7.92. The van der Waals surface area contributed by atoms with E-state index in [1.54, 1.807) is 23.6 Å². The van der Waals surface area contributed by atoms with Gasteiger partial charge in [-0.1, -0.05) is 6.07 Å². The van der Waals surface area contributed by atoms with E-state index in [0.29, 0.717) is 5.92 Å². The number of thiophene rings is 1. The van der Waals surface area contributed by atoms with Crippen molar-refractivity contribution in [3.8, 4) is 0 Å². The molecule has 23 heavy (non-hydrogen) atoms. The minimum absolute atomic E-state index is 0.00640. The summed E-state index contributed by atoms with van der Waals surface area (Å²) in [5.41, 5.74) is 1.19. The Labute approximate surface area is 140 Å². The van der Waals surface area contributed by atoms with E-state index in [1.807, 2.05) is 35.9 Å². The van der Waals surface area contributed by atoms with Gasteiger partial charge in [0.25, 0.3) is 0 Å². The second-order valence-corrected chi connectivity index (χ2v) is 6.71. The van der Waals surface area contributed by atoms with Crippen LogP contribution in [0.15, 0.2) is 48.1 Å². The lowest BCUT2D eigenvalue weighted by Crippen LogP contribution is -2.38. The Bertz CT molecular complexity index is 632. The van der Waals surface area contributed by atoms with Crippen molar-refractivity contribution in [1.82, 2.24) is 10.3 Å². The summed E-state index contributed by atoms with van der Waals surface area (Å²) in [4.78, 5) is 19.5. The zero-order valence-corrected chi connectivity index (χ0v) is 13.8. The summed E-state index contributed by atoms with van der Waals surface area (Å²) < 4.78 is 0. The fourth-order valence-electron chi connectivity index (χ4n) is 2.78. The van der Waals surface area contributed by atoms with Crippen molar-refractivity contribution in [2.75, 3.05) is 24.5 Å². The van der Waals surface area contributed by atoms with Crippen molar-refractivity contribution < 1.29 is 4.79 Å². The van der Waals surface area contributed by atoms with Crippen LogP contribution in [0.25, 0.3) is 6.08 Å². The first-order valence-electron chi connectivity index (χ1n) is 7.95. The fourth-order valence-corrected chi connectivity index (χ4v) is 3.40. The van der Waals surface area contributed by atoms with Gasteiger partial charge in [0.05, 0.1) is 11.9 Å². The molecular weight excluding hydrogens is 306 g/mol. The molecule has 0 atom stereocenters. The van der Waals surface area contributed by atoms with Crippen LogP contribution in [0.1, 0.15) is 17.7 Å². The molecule has 0 unspecified atom stereocenters. The van der Waals surface area contributed by atoms with E-state index in [-0.39, 0.29) is 5.91 Å². The van der Waals surface area contributed by atoms with Crippen LogP contribution in [0.2, 0.25) is 0 Å². The zero-order chi connectivity index (χ0) is 15.9. The first-order valence-corrected chi connectivity index (χ1v) is 8.83. The SMILES string of the molecule is O=C(/C=C/c1cccs1)NCC1CCN(c2cccnc2)CC1. The maximum atomic E-state index is 11.9. The highest BCUT2D eigenvalue weighted by Crippen LogP contribution is 2.21. The number of rotatable bonds is 5. The number of hydrogen-bond acceptors (Lipinski definition) is 4. The average molecular weight is 327 g/mol. The summed E-state index contributed by atoms with van der Waals surface area (Å²) >= 11 is 1.63. The predicted molar refractivity (Wildman–Crippen MR) is 95.5 cm³/mol. The van der Waals surface area contributed by atoms with E-state index in [0.717, 1.165) is 37.4 Å². The Morgan fingerprint density at radius 1 is 1.35 bits per heavy atom. The first kappa shape index (κ1) is 15.7. The summed E-state index contributed by atoms with van der Waals surface area (Å²) in [6, 6.07) is 8.06. The first-order chi connectivity index (χ1) is 11.3.